The van der Waals surface area contributed by atoms with E-state index >= 15 is 0 Å². The van der Waals surface area contributed by atoms with Crippen molar-refractivity contribution in [3.63, 3.8) is 0 Å². The highest BCUT2D eigenvalue weighted by Gasteiger charge is 2.35. The summed E-state index contributed by atoms with van der Waals surface area (Å²) in [5, 5.41) is 7.84. The Labute approximate surface area is 172 Å². The van der Waals surface area contributed by atoms with Crippen LogP contribution in [0.5, 0.6) is 0 Å². The van der Waals surface area contributed by atoms with Crippen LogP contribution in [0, 0.1) is 5.92 Å². The molecule has 5 rings (SSSR count). The number of anilines is 1. The fraction of sp³-hybridized carbons (Fsp3) is 0.174. The van der Waals surface area contributed by atoms with Crippen LogP contribution in [0.15, 0.2) is 75.7 Å². The summed E-state index contributed by atoms with van der Waals surface area (Å²) in [4.78, 5) is 26.5. The van der Waals surface area contributed by atoms with E-state index in [-0.39, 0.29) is 30.7 Å². The van der Waals surface area contributed by atoms with E-state index in [1.54, 1.807) is 11.0 Å². The van der Waals surface area contributed by atoms with Crippen molar-refractivity contribution in [2.45, 2.75) is 13.0 Å². The van der Waals surface area contributed by atoms with Crippen molar-refractivity contribution in [1.29, 1.82) is 0 Å². The number of fused-ring (bicyclic) bond motifs is 1. The summed E-state index contributed by atoms with van der Waals surface area (Å²) < 4.78 is 11.1. The molecule has 1 fully saturated rings. The number of rotatable bonds is 5. The molecular formula is C23H19N3O4. The molecule has 150 valence electrons. The molecular weight excluding hydrogens is 382 g/mol. The second-order valence-corrected chi connectivity index (χ2v) is 7.29. The molecule has 0 aliphatic carbocycles. The van der Waals surface area contributed by atoms with Crippen molar-refractivity contribution >= 4 is 28.5 Å². The van der Waals surface area contributed by atoms with Gasteiger partial charge in [-0.05, 0) is 24.3 Å². The van der Waals surface area contributed by atoms with Gasteiger partial charge in [-0.3, -0.25) is 9.59 Å². The molecule has 0 bridgehead atoms. The molecule has 7 nitrogen and oxygen atoms in total. The van der Waals surface area contributed by atoms with Gasteiger partial charge in [-0.15, -0.1) is 0 Å². The van der Waals surface area contributed by atoms with Crippen LogP contribution in [-0.4, -0.2) is 23.5 Å². The van der Waals surface area contributed by atoms with Gasteiger partial charge in [0, 0.05) is 30.1 Å². The van der Waals surface area contributed by atoms with E-state index in [0.29, 0.717) is 23.8 Å². The van der Waals surface area contributed by atoms with Crippen molar-refractivity contribution in [2.24, 2.45) is 5.92 Å². The molecule has 3 heterocycles. The number of furan rings is 1. The SMILES string of the molecule is O=C(NCc1cc(-c2cc3ccccc3o2)on1)C1CC(=O)N(c2ccccc2)C1. The third-order valence-electron chi connectivity index (χ3n) is 5.23. The minimum atomic E-state index is -0.389. The van der Waals surface area contributed by atoms with E-state index in [4.69, 9.17) is 8.94 Å². The van der Waals surface area contributed by atoms with E-state index < -0.39 is 0 Å². The quantitative estimate of drug-likeness (QED) is 0.550. The lowest BCUT2D eigenvalue weighted by molar-refractivity contribution is -0.126. The molecule has 2 aromatic carbocycles. The molecule has 30 heavy (non-hydrogen) atoms. The highest BCUT2D eigenvalue weighted by atomic mass is 16.5. The lowest BCUT2D eigenvalue weighted by Gasteiger charge is -2.16. The molecule has 0 radical (unpaired) electrons. The van der Waals surface area contributed by atoms with Gasteiger partial charge >= 0.3 is 0 Å². The molecule has 7 heteroatoms. The van der Waals surface area contributed by atoms with Crippen LogP contribution >= 0.6 is 0 Å². The zero-order valence-corrected chi connectivity index (χ0v) is 16.1. The highest BCUT2D eigenvalue weighted by molar-refractivity contribution is 6.00. The van der Waals surface area contributed by atoms with Crippen LogP contribution in [0.3, 0.4) is 0 Å². The van der Waals surface area contributed by atoms with Gasteiger partial charge in [-0.25, -0.2) is 0 Å². The number of nitrogens with one attached hydrogen (secondary N) is 1. The number of amides is 2. The van der Waals surface area contributed by atoms with Crippen LogP contribution in [0.2, 0.25) is 0 Å². The topological polar surface area (TPSA) is 88.6 Å². The number of carbonyl (C=O) groups is 2. The Morgan fingerprint density at radius 3 is 2.70 bits per heavy atom. The Bertz CT molecular complexity index is 1180. The number of carbonyl (C=O) groups excluding carboxylic acids is 2. The van der Waals surface area contributed by atoms with Crippen LogP contribution in [0.25, 0.3) is 22.5 Å². The molecule has 2 aromatic heterocycles. The number of hydrogen-bond donors (Lipinski definition) is 1. The van der Waals surface area contributed by atoms with Crippen LogP contribution in [0.4, 0.5) is 5.69 Å². The molecule has 0 saturated carbocycles. The maximum Gasteiger partial charge on any atom is 0.227 e. The largest absolute Gasteiger partial charge is 0.453 e. The summed E-state index contributed by atoms with van der Waals surface area (Å²) in [6.07, 6.45) is 0.198. The number of hydrogen-bond acceptors (Lipinski definition) is 5. The second kappa shape index (κ2) is 7.51. The average Bonchev–Trinajstić information content (AvgIpc) is 3.50. The summed E-state index contributed by atoms with van der Waals surface area (Å²) in [6.45, 7) is 0.594. The number of benzene rings is 2. The Hall–Kier alpha value is -3.87. The standard InChI is InChI=1S/C23H19N3O4/c27-22-11-16(14-26(22)18-7-2-1-3-8-18)23(28)24-13-17-12-21(30-25-17)20-10-15-6-4-5-9-19(15)29-20/h1-10,12,16H,11,13-14H2,(H,24,28). The first-order valence-corrected chi connectivity index (χ1v) is 9.75. The summed E-state index contributed by atoms with van der Waals surface area (Å²) in [5.41, 5.74) is 2.17. The molecule has 2 amide bonds. The third-order valence-corrected chi connectivity index (χ3v) is 5.23. The molecule has 1 N–H and O–H groups in total. The first-order valence-electron chi connectivity index (χ1n) is 9.75. The zero-order valence-electron chi connectivity index (χ0n) is 16.1. The normalized spacial score (nSPS) is 16.3. The van der Waals surface area contributed by atoms with Crippen molar-refractivity contribution in [1.82, 2.24) is 10.5 Å². The van der Waals surface area contributed by atoms with E-state index in [1.807, 2.05) is 60.7 Å². The lowest BCUT2D eigenvalue weighted by Crippen LogP contribution is -2.32. The van der Waals surface area contributed by atoms with Gasteiger partial charge in [0.05, 0.1) is 12.5 Å². The van der Waals surface area contributed by atoms with Gasteiger partial charge in [0.25, 0.3) is 0 Å². The average molecular weight is 401 g/mol. The molecule has 4 aromatic rings. The predicted molar refractivity (Wildman–Crippen MR) is 110 cm³/mol. The number of aromatic nitrogens is 1. The maximum atomic E-state index is 12.6. The monoisotopic (exact) mass is 401 g/mol. The molecule has 0 spiro atoms. The molecule has 1 saturated heterocycles. The zero-order chi connectivity index (χ0) is 20.5. The molecule has 1 atom stereocenters. The van der Waals surface area contributed by atoms with Crippen LogP contribution in [-0.2, 0) is 16.1 Å². The number of nitrogens with zero attached hydrogens (tertiary/aromatic N) is 2. The minimum absolute atomic E-state index is 0.0463. The van der Waals surface area contributed by atoms with Crippen molar-refractivity contribution < 1.29 is 18.5 Å². The van der Waals surface area contributed by atoms with Crippen molar-refractivity contribution in [3.05, 3.63) is 72.4 Å². The molecule has 1 unspecified atom stereocenters. The highest BCUT2D eigenvalue weighted by Crippen LogP contribution is 2.28. The minimum Gasteiger partial charge on any atom is -0.453 e. The van der Waals surface area contributed by atoms with Gasteiger partial charge in [0.1, 0.15) is 11.3 Å². The molecule has 1 aliphatic rings. The van der Waals surface area contributed by atoms with E-state index in [2.05, 4.69) is 10.5 Å². The Morgan fingerprint density at radius 1 is 1.07 bits per heavy atom. The van der Waals surface area contributed by atoms with Crippen LogP contribution < -0.4 is 10.2 Å². The van der Waals surface area contributed by atoms with E-state index in [9.17, 15) is 9.59 Å². The summed E-state index contributed by atoms with van der Waals surface area (Å²) >= 11 is 0. The van der Waals surface area contributed by atoms with Gasteiger partial charge in [-0.1, -0.05) is 41.6 Å². The van der Waals surface area contributed by atoms with Crippen molar-refractivity contribution in [2.75, 3.05) is 11.4 Å². The summed E-state index contributed by atoms with van der Waals surface area (Å²) in [6, 6.07) is 20.7. The Morgan fingerprint density at radius 2 is 1.87 bits per heavy atom. The van der Waals surface area contributed by atoms with Gasteiger partial charge in [0.2, 0.25) is 17.6 Å². The lowest BCUT2D eigenvalue weighted by atomic mass is 10.1. The number of para-hydroxylation sites is 2. The summed E-state index contributed by atoms with van der Waals surface area (Å²) in [7, 11) is 0. The van der Waals surface area contributed by atoms with Crippen molar-refractivity contribution in [3.8, 4) is 11.5 Å². The second-order valence-electron chi connectivity index (χ2n) is 7.29. The van der Waals surface area contributed by atoms with E-state index in [0.717, 1.165) is 16.7 Å². The molecule has 1 aliphatic heterocycles. The van der Waals surface area contributed by atoms with Gasteiger partial charge in [-0.2, -0.15) is 0 Å². The Balaban J connectivity index is 1.21. The first kappa shape index (κ1) is 18.2. The Kier molecular flexibility index (Phi) is 4.55. The van der Waals surface area contributed by atoms with E-state index in [1.165, 1.54) is 0 Å². The third kappa shape index (κ3) is 3.45. The fourth-order valence-corrected chi connectivity index (χ4v) is 3.68. The predicted octanol–water partition coefficient (Wildman–Crippen LogP) is 3.76. The van der Waals surface area contributed by atoms with Gasteiger partial charge < -0.3 is 19.2 Å². The summed E-state index contributed by atoms with van der Waals surface area (Å²) in [5.74, 6) is 0.479. The fourth-order valence-electron chi connectivity index (χ4n) is 3.68. The first-order chi connectivity index (χ1) is 14.7. The van der Waals surface area contributed by atoms with Crippen LogP contribution in [0.1, 0.15) is 12.1 Å². The maximum absolute atomic E-state index is 12.6. The van der Waals surface area contributed by atoms with Gasteiger partial charge in [0.15, 0.2) is 5.76 Å². The smallest absolute Gasteiger partial charge is 0.227 e.